The molecule has 0 bridgehead atoms. The van der Waals surface area contributed by atoms with Gasteiger partial charge in [-0.1, -0.05) is 15.9 Å². The fraction of sp³-hybridized carbons (Fsp3) is 0.176. The lowest BCUT2D eigenvalue weighted by atomic mass is 10.2. The minimum absolute atomic E-state index is 0.000257. The zero-order valence-electron chi connectivity index (χ0n) is 13.2. The molecule has 2 amide bonds. The van der Waals surface area contributed by atoms with E-state index in [1.165, 1.54) is 17.0 Å². The van der Waals surface area contributed by atoms with Gasteiger partial charge in [-0.2, -0.15) is 0 Å². The third-order valence-electron chi connectivity index (χ3n) is 3.07. The number of anilines is 1. The number of nitrogens with zero attached hydrogens (tertiary/aromatic N) is 1. The van der Waals surface area contributed by atoms with E-state index in [2.05, 4.69) is 21.2 Å². The SMILES string of the molecule is CN(C)C(=O)c1ccc(NC(=O)COc2ccc(Br)cc2F)cc1. The second-order valence-corrected chi connectivity index (χ2v) is 6.10. The van der Waals surface area contributed by atoms with Gasteiger partial charge in [0, 0.05) is 29.8 Å². The van der Waals surface area contributed by atoms with Crippen LogP contribution in [0.1, 0.15) is 10.4 Å². The van der Waals surface area contributed by atoms with Crippen LogP contribution in [0.2, 0.25) is 0 Å². The van der Waals surface area contributed by atoms with Crippen LogP contribution in [0.3, 0.4) is 0 Å². The third kappa shape index (κ3) is 4.79. The maximum atomic E-state index is 13.6. The van der Waals surface area contributed by atoms with Gasteiger partial charge in [0.15, 0.2) is 18.2 Å². The Morgan fingerprint density at radius 2 is 1.83 bits per heavy atom. The zero-order valence-corrected chi connectivity index (χ0v) is 14.8. The van der Waals surface area contributed by atoms with Crippen LogP contribution in [0.25, 0.3) is 0 Å². The quantitative estimate of drug-likeness (QED) is 0.845. The molecule has 2 rings (SSSR count). The molecule has 0 atom stereocenters. The van der Waals surface area contributed by atoms with E-state index in [9.17, 15) is 14.0 Å². The zero-order chi connectivity index (χ0) is 17.7. The molecule has 0 aliphatic rings. The van der Waals surface area contributed by atoms with Gasteiger partial charge in [0.05, 0.1) is 0 Å². The largest absolute Gasteiger partial charge is 0.481 e. The van der Waals surface area contributed by atoms with E-state index in [-0.39, 0.29) is 18.3 Å². The van der Waals surface area contributed by atoms with Crippen molar-refractivity contribution in [3.05, 3.63) is 58.3 Å². The van der Waals surface area contributed by atoms with Gasteiger partial charge in [-0.3, -0.25) is 9.59 Å². The second-order valence-electron chi connectivity index (χ2n) is 5.19. The van der Waals surface area contributed by atoms with Crippen LogP contribution >= 0.6 is 15.9 Å². The van der Waals surface area contributed by atoms with Crippen LogP contribution in [-0.2, 0) is 4.79 Å². The first-order chi connectivity index (χ1) is 11.4. The molecule has 0 spiro atoms. The van der Waals surface area contributed by atoms with Crippen LogP contribution in [-0.4, -0.2) is 37.4 Å². The predicted molar refractivity (Wildman–Crippen MR) is 92.7 cm³/mol. The minimum Gasteiger partial charge on any atom is -0.481 e. The Labute approximate surface area is 147 Å². The third-order valence-corrected chi connectivity index (χ3v) is 3.57. The van der Waals surface area contributed by atoms with Crippen molar-refractivity contribution in [3.8, 4) is 5.75 Å². The summed E-state index contributed by atoms with van der Waals surface area (Å²) in [7, 11) is 3.33. The molecule has 2 aromatic rings. The summed E-state index contributed by atoms with van der Waals surface area (Å²) in [6, 6.07) is 10.8. The Balaban J connectivity index is 1.91. The van der Waals surface area contributed by atoms with Crippen molar-refractivity contribution in [2.24, 2.45) is 0 Å². The van der Waals surface area contributed by atoms with Gasteiger partial charge in [-0.15, -0.1) is 0 Å². The summed E-state index contributed by atoms with van der Waals surface area (Å²) in [5.74, 6) is -1.10. The molecule has 7 heteroatoms. The molecule has 1 N–H and O–H groups in total. The van der Waals surface area contributed by atoms with Crippen LogP contribution in [0.15, 0.2) is 46.9 Å². The lowest BCUT2D eigenvalue weighted by molar-refractivity contribution is -0.118. The lowest BCUT2D eigenvalue weighted by Gasteiger charge is -2.11. The highest BCUT2D eigenvalue weighted by molar-refractivity contribution is 9.10. The molecule has 0 heterocycles. The normalized spacial score (nSPS) is 10.2. The van der Waals surface area contributed by atoms with E-state index in [1.807, 2.05) is 0 Å². The van der Waals surface area contributed by atoms with E-state index in [0.29, 0.717) is 15.7 Å². The molecule has 126 valence electrons. The van der Waals surface area contributed by atoms with Crippen molar-refractivity contribution in [3.63, 3.8) is 0 Å². The number of benzene rings is 2. The minimum atomic E-state index is -0.552. The molecule has 0 aromatic heterocycles. The van der Waals surface area contributed by atoms with Crippen LogP contribution in [0.4, 0.5) is 10.1 Å². The molecule has 0 saturated heterocycles. The van der Waals surface area contributed by atoms with E-state index in [4.69, 9.17) is 4.74 Å². The number of amides is 2. The van der Waals surface area contributed by atoms with Crippen molar-refractivity contribution in [1.82, 2.24) is 4.90 Å². The van der Waals surface area contributed by atoms with Gasteiger partial charge in [-0.05, 0) is 42.5 Å². The van der Waals surface area contributed by atoms with Crippen LogP contribution in [0, 0.1) is 5.82 Å². The lowest BCUT2D eigenvalue weighted by Crippen LogP contribution is -2.22. The first-order valence-electron chi connectivity index (χ1n) is 7.06. The van der Waals surface area contributed by atoms with Crippen molar-refractivity contribution < 1.29 is 18.7 Å². The number of halogens is 2. The molecule has 5 nitrogen and oxygen atoms in total. The van der Waals surface area contributed by atoms with E-state index in [1.54, 1.807) is 44.4 Å². The highest BCUT2D eigenvalue weighted by Crippen LogP contribution is 2.21. The Morgan fingerprint density at radius 3 is 2.42 bits per heavy atom. The number of rotatable bonds is 5. The van der Waals surface area contributed by atoms with Crippen molar-refractivity contribution in [1.29, 1.82) is 0 Å². The first kappa shape index (κ1) is 17.9. The highest BCUT2D eigenvalue weighted by Gasteiger charge is 2.10. The second kappa shape index (κ2) is 7.92. The summed E-state index contributed by atoms with van der Waals surface area (Å²) >= 11 is 3.14. The summed E-state index contributed by atoms with van der Waals surface area (Å²) in [4.78, 5) is 25.1. The standard InChI is InChI=1S/C17H16BrFN2O3/c1-21(2)17(23)11-3-6-13(7-4-11)20-16(22)10-24-15-8-5-12(18)9-14(15)19/h3-9H,10H2,1-2H3,(H,20,22). The van der Waals surface area contributed by atoms with Gasteiger partial charge in [0.25, 0.3) is 11.8 Å². The van der Waals surface area contributed by atoms with E-state index < -0.39 is 11.7 Å². The highest BCUT2D eigenvalue weighted by atomic mass is 79.9. The summed E-state index contributed by atoms with van der Waals surface area (Å²) in [5.41, 5.74) is 1.04. The average Bonchev–Trinajstić information content (AvgIpc) is 2.54. The molecule has 0 unspecified atom stereocenters. The topological polar surface area (TPSA) is 58.6 Å². The van der Waals surface area contributed by atoms with Crippen molar-refractivity contribution in [2.75, 3.05) is 26.0 Å². The molecular formula is C17H16BrFN2O3. The molecule has 0 aliphatic heterocycles. The fourth-order valence-corrected chi connectivity index (χ4v) is 2.22. The maximum absolute atomic E-state index is 13.6. The molecule has 0 fully saturated rings. The summed E-state index contributed by atoms with van der Waals surface area (Å²) in [5, 5.41) is 2.62. The Bertz CT molecular complexity index is 748. The smallest absolute Gasteiger partial charge is 0.262 e. The number of carbonyl (C=O) groups excluding carboxylic acids is 2. The molecule has 0 aliphatic carbocycles. The van der Waals surface area contributed by atoms with Crippen molar-refractivity contribution in [2.45, 2.75) is 0 Å². The fourth-order valence-electron chi connectivity index (χ4n) is 1.89. The number of hydrogen-bond acceptors (Lipinski definition) is 3. The maximum Gasteiger partial charge on any atom is 0.262 e. The van der Waals surface area contributed by atoms with Crippen LogP contribution < -0.4 is 10.1 Å². The average molecular weight is 395 g/mol. The van der Waals surface area contributed by atoms with Gasteiger partial charge in [0.2, 0.25) is 0 Å². The van der Waals surface area contributed by atoms with Gasteiger partial charge in [-0.25, -0.2) is 4.39 Å². The van der Waals surface area contributed by atoms with Gasteiger partial charge in [0.1, 0.15) is 0 Å². The molecule has 0 radical (unpaired) electrons. The molecule has 0 saturated carbocycles. The summed E-state index contributed by atoms with van der Waals surface area (Å²) in [6.45, 7) is -0.322. The Kier molecular flexibility index (Phi) is 5.92. The molecule has 2 aromatic carbocycles. The number of hydrogen-bond donors (Lipinski definition) is 1. The van der Waals surface area contributed by atoms with Crippen molar-refractivity contribution >= 4 is 33.4 Å². The summed E-state index contributed by atoms with van der Waals surface area (Å²) in [6.07, 6.45) is 0. The molecule has 24 heavy (non-hydrogen) atoms. The number of ether oxygens (including phenoxy) is 1. The Hall–Kier alpha value is -2.41. The van der Waals surface area contributed by atoms with Crippen LogP contribution in [0.5, 0.6) is 5.75 Å². The van der Waals surface area contributed by atoms with Gasteiger partial charge >= 0.3 is 0 Å². The van der Waals surface area contributed by atoms with E-state index in [0.717, 1.165) is 0 Å². The molecular weight excluding hydrogens is 379 g/mol. The van der Waals surface area contributed by atoms with Gasteiger partial charge < -0.3 is 15.0 Å². The number of nitrogens with one attached hydrogen (secondary N) is 1. The first-order valence-corrected chi connectivity index (χ1v) is 7.85. The Morgan fingerprint density at radius 1 is 1.17 bits per heavy atom. The predicted octanol–water partition coefficient (Wildman–Crippen LogP) is 3.31. The monoisotopic (exact) mass is 394 g/mol. The summed E-state index contributed by atoms with van der Waals surface area (Å²) < 4.78 is 19.3. The van der Waals surface area contributed by atoms with E-state index >= 15 is 0 Å². The number of carbonyl (C=O) groups is 2.